The van der Waals surface area contributed by atoms with E-state index in [0.29, 0.717) is 13.0 Å². The molecule has 0 saturated heterocycles. The second kappa shape index (κ2) is 6.35. The van der Waals surface area contributed by atoms with Gasteiger partial charge in [-0.05, 0) is 37.6 Å². The van der Waals surface area contributed by atoms with E-state index in [0.717, 1.165) is 5.56 Å². The highest BCUT2D eigenvalue weighted by Gasteiger charge is 2.32. The van der Waals surface area contributed by atoms with Crippen molar-refractivity contribution in [3.63, 3.8) is 0 Å². The Morgan fingerprint density at radius 1 is 1.39 bits per heavy atom. The number of nitrogens with one attached hydrogen (secondary N) is 1. The number of phenols is 1. The number of aliphatic carboxylic acids is 1. The first-order valence-electron chi connectivity index (χ1n) is 5.80. The van der Waals surface area contributed by atoms with E-state index in [-0.39, 0.29) is 12.2 Å². The molecule has 0 aliphatic rings. The van der Waals surface area contributed by atoms with Gasteiger partial charge in [-0.25, -0.2) is 0 Å². The number of alkyl halides is 1. The fourth-order valence-corrected chi connectivity index (χ4v) is 1.67. The lowest BCUT2D eigenvalue weighted by Gasteiger charge is -2.26. The average Bonchev–Trinajstić information content (AvgIpc) is 2.32. The molecule has 0 saturated carbocycles. The third kappa shape index (κ3) is 4.00. The van der Waals surface area contributed by atoms with Crippen LogP contribution in [0.15, 0.2) is 24.3 Å². The van der Waals surface area contributed by atoms with E-state index >= 15 is 0 Å². The van der Waals surface area contributed by atoms with Gasteiger partial charge in [0.1, 0.15) is 11.3 Å². The van der Waals surface area contributed by atoms with E-state index in [1.165, 1.54) is 12.1 Å². The Hall–Kier alpha value is -1.62. The monoisotopic (exact) mass is 255 g/mol. The molecule has 5 heteroatoms. The van der Waals surface area contributed by atoms with Gasteiger partial charge in [-0.2, -0.15) is 0 Å². The summed E-state index contributed by atoms with van der Waals surface area (Å²) in [5.74, 6) is -0.837. The molecule has 1 unspecified atom stereocenters. The molecule has 0 radical (unpaired) electrons. The molecule has 0 amide bonds. The Labute approximate surface area is 105 Å². The average molecular weight is 255 g/mol. The Morgan fingerprint density at radius 3 is 2.50 bits per heavy atom. The molecule has 1 atom stereocenters. The van der Waals surface area contributed by atoms with Gasteiger partial charge in [0, 0.05) is 6.42 Å². The van der Waals surface area contributed by atoms with Crippen molar-refractivity contribution in [1.29, 1.82) is 0 Å². The molecule has 100 valence electrons. The minimum absolute atomic E-state index is 0.140. The van der Waals surface area contributed by atoms with Crippen molar-refractivity contribution >= 4 is 5.97 Å². The molecule has 0 aliphatic heterocycles. The number of carboxylic acid groups (broad SMARTS) is 1. The Balaban J connectivity index is 2.72. The van der Waals surface area contributed by atoms with Crippen molar-refractivity contribution in [1.82, 2.24) is 5.32 Å². The van der Waals surface area contributed by atoms with Gasteiger partial charge in [0.25, 0.3) is 0 Å². The molecular weight excluding hydrogens is 237 g/mol. The number of benzene rings is 1. The maximum atomic E-state index is 12.0. The van der Waals surface area contributed by atoms with Gasteiger partial charge in [-0.1, -0.05) is 12.1 Å². The quantitative estimate of drug-likeness (QED) is 0.649. The molecule has 0 spiro atoms. The molecule has 18 heavy (non-hydrogen) atoms. The van der Waals surface area contributed by atoms with Crippen LogP contribution in [0.4, 0.5) is 4.39 Å². The molecule has 1 aromatic carbocycles. The van der Waals surface area contributed by atoms with Crippen molar-refractivity contribution < 1.29 is 19.4 Å². The summed E-state index contributed by atoms with van der Waals surface area (Å²) < 4.78 is 12.0. The summed E-state index contributed by atoms with van der Waals surface area (Å²) in [6, 6.07) is 6.37. The number of hydrogen-bond donors (Lipinski definition) is 3. The lowest BCUT2D eigenvalue weighted by molar-refractivity contribution is -0.144. The highest BCUT2D eigenvalue weighted by molar-refractivity contribution is 5.78. The van der Waals surface area contributed by atoms with Crippen LogP contribution in [0.5, 0.6) is 5.75 Å². The van der Waals surface area contributed by atoms with E-state index in [1.54, 1.807) is 19.1 Å². The van der Waals surface area contributed by atoms with Crippen LogP contribution in [0.1, 0.15) is 18.9 Å². The van der Waals surface area contributed by atoms with Crippen LogP contribution in [-0.2, 0) is 11.2 Å². The van der Waals surface area contributed by atoms with E-state index in [2.05, 4.69) is 5.32 Å². The van der Waals surface area contributed by atoms with E-state index in [4.69, 9.17) is 5.11 Å². The first-order valence-corrected chi connectivity index (χ1v) is 5.80. The summed E-state index contributed by atoms with van der Waals surface area (Å²) in [6.07, 6.45) is 0.563. The first kappa shape index (κ1) is 14.4. The zero-order valence-corrected chi connectivity index (χ0v) is 10.3. The fourth-order valence-electron chi connectivity index (χ4n) is 1.67. The molecule has 1 rings (SSSR count). The van der Waals surface area contributed by atoms with E-state index in [9.17, 15) is 14.3 Å². The normalized spacial score (nSPS) is 14.1. The number of carbonyl (C=O) groups is 1. The predicted molar refractivity (Wildman–Crippen MR) is 66.4 cm³/mol. The van der Waals surface area contributed by atoms with Crippen molar-refractivity contribution in [2.75, 3.05) is 13.2 Å². The van der Waals surface area contributed by atoms with Crippen LogP contribution >= 0.6 is 0 Å². The van der Waals surface area contributed by atoms with Crippen LogP contribution in [0, 0.1) is 0 Å². The molecule has 0 fully saturated rings. The van der Waals surface area contributed by atoms with Crippen LogP contribution in [0.2, 0.25) is 0 Å². The molecule has 0 aromatic heterocycles. The van der Waals surface area contributed by atoms with E-state index in [1.807, 2.05) is 0 Å². The van der Waals surface area contributed by atoms with Gasteiger partial charge in [-0.15, -0.1) is 0 Å². The number of phenolic OH excluding ortho intramolecular Hbond substituents is 1. The van der Waals surface area contributed by atoms with Gasteiger partial charge < -0.3 is 15.5 Å². The summed E-state index contributed by atoms with van der Waals surface area (Å²) in [6.45, 7) is 1.42. The predicted octanol–water partition coefficient (Wildman–Crippen LogP) is 1.73. The molecule has 4 nitrogen and oxygen atoms in total. The van der Waals surface area contributed by atoms with Crippen molar-refractivity contribution in [2.45, 2.75) is 25.3 Å². The third-order valence-electron chi connectivity index (χ3n) is 2.79. The molecule has 3 N–H and O–H groups in total. The van der Waals surface area contributed by atoms with Crippen molar-refractivity contribution in [2.24, 2.45) is 0 Å². The highest BCUT2D eigenvalue weighted by atomic mass is 19.1. The summed E-state index contributed by atoms with van der Waals surface area (Å²) in [7, 11) is 0. The number of rotatable bonds is 7. The van der Waals surface area contributed by atoms with Crippen molar-refractivity contribution in [3.05, 3.63) is 29.8 Å². The van der Waals surface area contributed by atoms with Crippen molar-refractivity contribution in [3.8, 4) is 5.75 Å². The zero-order chi connectivity index (χ0) is 13.6. The largest absolute Gasteiger partial charge is 0.508 e. The number of hydrogen-bond acceptors (Lipinski definition) is 3. The molecule has 1 aromatic rings. The lowest BCUT2D eigenvalue weighted by Crippen LogP contribution is -2.51. The smallest absolute Gasteiger partial charge is 0.323 e. The second-order valence-electron chi connectivity index (χ2n) is 4.45. The van der Waals surface area contributed by atoms with Gasteiger partial charge in [0.2, 0.25) is 0 Å². The maximum absolute atomic E-state index is 12.0. The Morgan fingerprint density at radius 2 is 2.00 bits per heavy atom. The number of carboxylic acids is 1. The van der Waals surface area contributed by atoms with Crippen LogP contribution in [0.25, 0.3) is 0 Å². The minimum atomic E-state index is -1.13. The van der Waals surface area contributed by atoms with Crippen LogP contribution in [-0.4, -0.2) is 34.9 Å². The SMILES string of the molecule is CC(Cc1ccc(O)cc1)(NCCCF)C(=O)O. The van der Waals surface area contributed by atoms with Crippen LogP contribution in [0.3, 0.4) is 0 Å². The summed E-state index contributed by atoms with van der Waals surface area (Å²) in [5, 5.41) is 21.3. The molecule has 0 bridgehead atoms. The minimum Gasteiger partial charge on any atom is -0.508 e. The standard InChI is InChI=1S/C13H18FNO3/c1-13(12(17)18,15-8-2-7-14)9-10-3-5-11(16)6-4-10/h3-6,15-16H,2,7-9H2,1H3,(H,17,18). The molecular formula is C13H18FNO3. The van der Waals surface area contributed by atoms with Gasteiger partial charge in [0.05, 0.1) is 6.67 Å². The number of aromatic hydroxyl groups is 1. The Kier molecular flexibility index (Phi) is 5.09. The van der Waals surface area contributed by atoms with E-state index < -0.39 is 18.2 Å². The zero-order valence-electron chi connectivity index (χ0n) is 10.3. The first-order chi connectivity index (χ1) is 8.48. The molecule has 0 heterocycles. The molecule has 0 aliphatic carbocycles. The second-order valence-corrected chi connectivity index (χ2v) is 4.45. The maximum Gasteiger partial charge on any atom is 0.323 e. The summed E-state index contributed by atoms with van der Waals surface area (Å²) in [4.78, 5) is 11.3. The Bertz CT molecular complexity index is 394. The fraction of sp³-hybridized carbons (Fsp3) is 0.462. The highest BCUT2D eigenvalue weighted by Crippen LogP contribution is 2.17. The van der Waals surface area contributed by atoms with Gasteiger partial charge in [-0.3, -0.25) is 9.18 Å². The van der Waals surface area contributed by atoms with Gasteiger partial charge >= 0.3 is 5.97 Å². The third-order valence-corrected chi connectivity index (χ3v) is 2.79. The van der Waals surface area contributed by atoms with Crippen LogP contribution < -0.4 is 5.32 Å². The lowest BCUT2D eigenvalue weighted by atomic mass is 9.92. The number of halogens is 1. The summed E-state index contributed by atoms with van der Waals surface area (Å²) >= 11 is 0. The summed E-state index contributed by atoms with van der Waals surface area (Å²) in [5.41, 5.74) is -0.336. The topological polar surface area (TPSA) is 69.6 Å². The van der Waals surface area contributed by atoms with Gasteiger partial charge in [0.15, 0.2) is 0 Å².